The van der Waals surface area contributed by atoms with Gasteiger partial charge >= 0.3 is 0 Å². The Kier molecular flexibility index (Phi) is 5.56. The molecule has 5 nitrogen and oxygen atoms in total. The van der Waals surface area contributed by atoms with Crippen molar-refractivity contribution in [2.45, 2.75) is 12.8 Å². The third kappa shape index (κ3) is 4.29. The van der Waals surface area contributed by atoms with E-state index in [1.165, 1.54) is 24.0 Å². The van der Waals surface area contributed by atoms with Gasteiger partial charge in [0.05, 0.1) is 23.8 Å². The average molecular weight is 406 g/mol. The monoisotopic (exact) mass is 404 g/mol. The van der Waals surface area contributed by atoms with Crippen LogP contribution in [-0.2, 0) is 4.79 Å². The van der Waals surface area contributed by atoms with Gasteiger partial charge in [0, 0.05) is 22.9 Å². The second kappa shape index (κ2) is 7.19. The smallest absolute Gasteiger partial charge is 0.295 e. The first-order chi connectivity index (χ1) is 9.56. The summed E-state index contributed by atoms with van der Waals surface area (Å²) in [4.78, 5) is 13.0. The first-order valence-corrected chi connectivity index (χ1v) is 7.98. The van der Waals surface area contributed by atoms with E-state index in [0.717, 1.165) is 17.6 Å². The lowest BCUT2D eigenvalue weighted by molar-refractivity contribution is -0.879. The zero-order chi connectivity index (χ0) is 14.5. The number of hydrogen-bond acceptors (Lipinski definition) is 3. The van der Waals surface area contributed by atoms with Gasteiger partial charge in [-0.2, -0.15) is 5.10 Å². The number of benzene rings is 1. The topological polar surface area (TPSA) is 66.1 Å². The number of likely N-dealkylation sites (tertiary alicyclic amines) is 1. The van der Waals surface area contributed by atoms with E-state index in [2.05, 4.69) is 42.4 Å². The number of phenols is 1. The molecule has 0 spiro atoms. The Morgan fingerprint density at radius 3 is 2.80 bits per heavy atom. The molecule has 1 heterocycles. The Bertz CT molecular complexity index is 529. The van der Waals surface area contributed by atoms with Crippen molar-refractivity contribution in [2.75, 3.05) is 19.6 Å². The number of amides is 1. The van der Waals surface area contributed by atoms with Crippen molar-refractivity contribution in [3.63, 3.8) is 0 Å². The normalized spacial score (nSPS) is 15.9. The van der Waals surface area contributed by atoms with E-state index in [-0.39, 0.29) is 11.7 Å². The van der Waals surface area contributed by atoms with Gasteiger partial charge in [-0.1, -0.05) is 15.9 Å². The molecule has 1 aliphatic heterocycles. The largest absolute Gasteiger partial charge is 0.506 e. The minimum atomic E-state index is -0.105. The number of nitrogens with zero attached hydrogens (tertiary/aromatic N) is 1. The molecule has 108 valence electrons. The summed E-state index contributed by atoms with van der Waals surface area (Å²) in [6.45, 7) is 2.55. The molecule has 1 saturated heterocycles. The van der Waals surface area contributed by atoms with Crippen molar-refractivity contribution in [2.24, 2.45) is 5.10 Å². The minimum Gasteiger partial charge on any atom is -0.506 e. The SMILES string of the molecule is O=C(C[NH+]1CCCC1)N/N=C/c1cc(Br)cc(Br)c1O. The summed E-state index contributed by atoms with van der Waals surface area (Å²) in [6.07, 6.45) is 3.81. The predicted molar refractivity (Wildman–Crippen MR) is 84.0 cm³/mol. The number of hydrogen-bond donors (Lipinski definition) is 3. The van der Waals surface area contributed by atoms with Crippen molar-refractivity contribution in [1.29, 1.82) is 0 Å². The zero-order valence-corrected chi connectivity index (χ0v) is 14.0. The molecule has 1 fully saturated rings. The maximum Gasteiger partial charge on any atom is 0.295 e. The van der Waals surface area contributed by atoms with Crippen LogP contribution in [0.1, 0.15) is 18.4 Å². The fraction of sp³-hybridized carbons (Fsp3) is 0.385. The number of carbonyl (C=O) groups is 1. The van der Waals surface area contributed by atoms with E-state index < -0.39 is 0 Å². The van der Waals surface area contributed by atoms with Gasteiger partial charge in [0.15, 0.2) is 6.54 Å². The molecule has 0 radical (unpaired) electrons. The van der Waals surface area contributed by atoms with Crippen molar-refractivity contribution in [3.05, 3.63) is 26.6 Å². The molecule has 0 aliphatic carbocycles. The van der Waals surface area contributed by atoms with Gasteiger partial charge in [0.25, 0.3) is 5.91 Å². The van der Waals surface area contributed by atoms with Gasteiger partial charge in [-0.15, -0.1) is 0 Å². The summed E-state index contributed by atoms with van der Waals surface area (Å²) in [5.74, 6) is -0.0110. The molecule has 0 aromatic heterocycles. The Morgan fingerprint density at radius 1 is 1.40 bits per heavy atom. The Labute approximate surface area is 134 Å². The van der Waals surface area contributed by atoms with Crippen LogP contribution in [-0.4, -0.2) is 36.9 Å². The van der Waals surface area contributed by atoms with Crippen LogP contribution >= 0.6 is 31.9 Å². The molecule has 3 N–H and O–H groups in total. The number of carbonyl (C=O) groups excluding carboxylic acids is 1. The van der Waals surface area contributed by atoms with Crippen LogP contribution in [0.4, 0.5) is 0 Å². The molecule has 7 heteroatoms. The van der Waals surface area contributed by atoms with E-state index in [1.54, 1.807) is 12.1 Å². The lowest BCUT2D eigenvalue weighted by Gasteiger charge is -2.09. The zero-order valence-electron chi connectivity index (χ0n) is 10.8. The third-order valence-electron chi connectivity index (χ3n) is 3.17. The highest BCUT2D eigenvalue weighted by molar-refractivity contribution is 9.11. The van der Waals surface area contributed by atoms with Crippen LogP contribution in [0.2, 0.25) is 0 Å². The highest BCUT2D eigenvalue weighted by atomic mass is 79.9. The quantitative estimate of drug-likeness (QED) is 0.517. The Balaban J connectivity index is 1.91. The Hall–Kier alpha value is -0.920. The van der Waals surface area contributed by atoms with Crippen LogP contribution in [0, 0.1) is 0 Å². The highest BCUT2D eigenvalue weighted by Crippen LogP contribution is 2.30. The van der Waals surface area contributed by atoms with Crippen molar-refractivity contribution >= 4 is 44.0 Å². The number of rotatable bonds is 4. The summed E-state index contributed by atoms with van der Waals surface area (Å²) >= 11 is 6.58. The van der Waals surface area contributed by atoms with E-state index in [1.807, 2.05) is 0 Å². The maximum atomic E-state index is 11.7. The van der Waals surface area contributed by atoms with E-state index >= 15 is 0 Å². The summed E-state index contributed by atoms with van der Waals surface area (Å²) in [5.41, 5.74) is 3.02. The summed E-state index contributed by atoms with van der Waals surface area (Å²) < 4.78 is 1.39. The number of nitrogens with one attached hydrogen (secondary N) is 2. The van der Waals surface area contributed by atoms with E-state index in [4.69, 9.17) is 0 Å². The van der Waals surface area contributed by atoms with Crippen LogP contribution in [0.5, 0.6) is 5.75 Å². The number of aromatic hydroxyl groups is 1. The molecule has 2 rings (SSSR count). The number of phenolic OH excluding ortho intramolecular Hbond substituents is 1. The summed E-state index contributed by atoms with van der Waals surface area (Å²) in [5, 5.41) is 13.7. The van der Waals surface area contributed by atoms with Gasteiger partial charge in [0.2, 0.25) is 0 Å². The van der Waals surface area contributed by atoms with Crippen LogP contribution in [0.3, 0.4) is 0 Å². The minimum absolute atomic E-state index is 0.0939. The second-order valence-electron chi connectivity index (χ2n) is 4.75. The molecule has 0 saturated carbocycles. The van der Waals surface area contributed by atoms with Gasteiger partial charge in [0.1, 0.15) is 5.75 Å². The number of quaternary nitrogens is 1. The van der Waals surface area contributed by atoms with Gasteiger partial charge in [-0.3, -0.25) is 4.79 Å². The molecule has 1 aliphatic rings. The van der Waals surface area contributed by atoms with Crippen LogP contribution in [0.15, 0.2) is 26.2 Å². The van der Waals surface area contributed by atoms with E-state index in [9.17, 15) is 9.90 Å². The summed E-state index contributed by atoms with van der Waals surface area (Å²) in [6, 6.07) is 3.46. The summed E-state index contributed by atoms with van der Waals surface area (Å²) in [7, 11) is 0. The molecule has 20 heavy (non-hydrogen) atoms. The Morgan fingerprint density at radius 2 is 2.10 bits per heavy atom. The lowest BCUT2D eigenvalue weighted by Crippen LogP contribution is -3.11. The molecule has 0 unspecified atom stereocenters. The molecule has 1 aromatic rings. The van der Waals surface area contributed by atoms with Crippen molar-refractivity contribution in [3.8, 4) is 5.75 Å². The van der Waals surface area contributed by atoms with Crippen molar-refractivity contribution in [1.82, 2.24) is 5.43 Å². The van der Waals surface area contributed by atoms with Gasteiger partial charge in [-0.25, -0.2) is 5.43 Å². The molecule has 0 bridgehead atoms. The lowest BCUT2D eigenvalue weighted by atomic mass is 10.2. The van der Waals surface area contributed by atoms with Gasteiger partial charge in [-0.05, 0) is 28.1 Å². The standard InChI is InChI=1S/C13H15Br2N3O2/c14-10-5-9(13(20)11(15)6-10)7-16-17-12(19)8-18-3-1-2-4-18/h5-7,20H,1-4,8H2,(H,17,19)/p+1/b16-7+. The first kappa shape index (κ1) is 15.5. The highest BCUT2D eigenvalue weighted by Gasteiger charge is 2.18. The molecule has 1 amide bonds. The van der Waals surface area contributed by atoms with E-state index in [0.29, 0.717) is 16.6 Å². The average Bonchev–Trinajstić information content (AvgIpc) is 2.87. The molecule has 1 aromatic carbocycles. The third-order valence-corrected chi connectivity index (χ3v) is 4.23. The maximum absolute atomic E-state index is 11.7. The van der Waals surface area contributed by atoms with Gasteiger partial charge < -0.3 is 10.0 Å². The fourth-order valence-electron chi connectivity index (χ4n) is 2.18. The number of halogens is 2. The number of hydrazone groups is 1. The molecule has 0 atom stereocenters. The fourth-order valence-corrected chi connectivity index (χ4v) is 3.43. The second-order valence-corrected chi connectivity index (χ2v) is 6.52. The first-order valence-electron chi connectivity index (χ1n) is 6.40. The predicted octanol–water partition coefficient (Wildman–Crippen LogP) is 1.05. The van der Waals surface area contributed by atoms with Crippen LogP contribution < -0.4 is 10.3 Å². The molecular weight excluding hydrogens is 390 g/mol. The molecular formula is C13H16Br2N3O2+. The van der Waals surface area contributed by atoms with Crippen molar-refractivity contribution < 1.29 is 14.8 Å². The van der Waals surface area contributed by atoms with Crippen LogP contribution in [0.25, 0.3) is 0 Å².